The van der Waals surface area contributed by atoms with Crippen LogP contribution in [0.25, 0.3) is 0 Å². The maximum atomic E-state index is 13.0. The largest absolute Gasteiger partial charge is 0.490 e. The molecule has 42 heavy (non-hydrogen) atoms. The summed E-state index contributed by atoms with van der Waals surface area (Å²) in [5.74, 6) is 1.73. The van der Waals surface area contributed by atoms with Crippen LogP contribution >= 0.6 is 11.8 Å². The number of non-ortho nitro benzene ring substituents is 1. The van der Waals surface area contributed by atoms with Crippen molar-refractivity contribution in [2.75, 3.05) is 37.0 Å². The molecule has 1 fully saturated rings. The van der Waals surface area contributed by atoms with Crippen LogP contribution in [0.4, 0.5) is 23.1 Å². The molecule has 0 spiro atoms. The summed E-state index contributed by atoms with van der Waals surface area (Å²) in [7, 11) is -2.18. The maximum Gasteiger partial charge on any atom is 0.269 e. The number of H-pyrrole nitrogens is 1. The number of sulfone groups is 1. The molecule has 2 N–H and O–H groups in total. The Kier molecular flexibility index (Phi) is 8.61. The number of ether oxygens (including phenoxy) is 2. The number of rotatable bonds is 10. The summed E-state index contributed by atoms with van der Waals surface area (Å²) in [6.07, 6.45) is 0.0106. The molecule has 0 aliphatic carbocycles. The number of aromatic amines is 1. The Labute approximate surface area is 246 Å². The zero-order valence-corrected chi connectivity index (χ0v) is 24.7. The fraction of sp³-hybridized carbons (Fsp3) is 0.296. The SMILES string of the molecule is COc1c(Nc2cc(C)[nH]n2)nc(Sc2ccc(S(=O)(=O)Cc3cccc([N+](=O)[O-])c3)cc2)nc1N1CCO[C@H](C)C1. The maximum absolute atomic E-state index is 13.0. The molecule has 1 atom stereocenters. The molecule has 1 saturated heterocycles. The second kappa shape index (κ2) is 12.3. The third kappa shape index (κ3) is 6.80. The lowest BCUT2D eigenvalue weighted by Crippen LogP contribution is -2.41. The quantitative estimate of drug-likeness (QED) is 0.146. The lowest BCUT2D eigenvalue weighted by Gasteiger charge is -2.33. The summed E-state index contributed by atoms with van der Waals surface area (Å²) in [6, 6.07) is 13.8. The average molecular weight is 612 g/mol. The Bertz CT molecular complexity index is 1700. The van der Waals surface area contributed by atoms with E-state index in [4.69, 9.17) is 19.4 Å². The van der Waals surface area contributed by atoms with E-state index in [2.05, 4.69) is 20.4 Å². The van der Waals surface area contributed by atoms with Crippen LogP contribution < -0.4 is 15.0 Å². The van der Waals surface area contributed by atoms with Crippen LogP contribution in [0, 0.1) is 17.0 Å². The summed E-state index contributed by atoms with van der Waals surface area (Å²) in [4.78, 5) is 22.9. The molecule has 5 rings (SSSR count). The zero-order chi connectivity index (χ0) is 29.9. The van der Waals surface area contributed by atoms with Gasteiger partial charge in [0.05, 0.1) is 35.4 Å². The molecule has 15 heteroatoms. The van der Waals surface area contributed by atoms with Gasteiger partial charge in [-0.3, -0.25) is 15.2 Å². The van der Waals surface area contributed by atoms with Crippen molar-refractivity contribution in [2.24, 2.45) is 0 Å². The number of nitro benzene ring substituents is 1. The highest BCUT2D eigenvalue weighted by atomic mass is 32.2. The highest BCUT2D eigenvalue weighted by Gasteiger charge is 2.26. The number of hydrogen-bond donors (Lipinski definition) is 2. The van der Waals surface area contributed by atoms with Gasteiger partial charge in [0.15, 0.2) is 32.4 Å². The topological polar surface area (TPSA) is 165 Å². The smallest absolute Gasteiger partial charge is 0.269 e. The molecular weight excluding hydrogens is 582 g/mol. The molecular formula is C27H29N7O6S2. The Morgan fingerprint density at radius 2 is 2.00 bits per heavy atom. The van der Waals surface area contributed by atoms with Crippen molar-refractivity contribution in [3.05, 3.63) is 76.0 Å². The van der Waals surface area contributed by atoms with Crippen LogP contribution in [0.15, 0.2) is 69.5 Å². The Hall–Kier alpha value is -4.21. The molecule has 2 aromatic carbocycles. The first-order valence-corrected chi connectivity index (χ1v) is 15.4. The normalized spacial score (nSPS) is 15.4. The van der Waals surface area contributed by atoms with Gasteiger partial charge < -0.3 is 19.7 Å². The van der Waals surface area contributed by atoms with Crippen LogP contribution in [0.1, 0.15) is 18.2 Å². The second-order valence-corrected chi connectivity index (χ2v) is 12.7. The van der Waals surface area contributed by atoms with Gasteiger partial charge in [-0.2, -0.15) is 5.10 Å². The fourth-order valence-corrected chi connectivity index (χ4v) is 6.54. The number of anilines is 3. The predicted octanol–water partition coefficient (Wildman–Crippen LogP) is 4.52. The van der Waals surface area contributed by atoms with E-state index in [0.717, 1.165) is 10.6 Å². The van der Waals surface area contributed by atoms with Gasteiger partial charge in [0.25, 0.3) is 5.69 Å². The van der Waals surface area contributed by atoms with Gasteiger partial charge >= 0.3 is 0 Å². The zero-order valence-electron chi connectivity index (χ0n) is 23.1. The van der Waals surface area contributed by atoms with Crippen LogP contribution in [-0.4, -0.2) is 66.4 Å². The van der Waals surface area contributed by atoms with E-state index < -0.39 is 14.8 Å². The van der Waals surface area contributed by atoms with Gasteiger partial charge in [0, 0.05) is 41.9 Å². The number of nitro groups is 1. The number of nitrogens with one attached hydrogen (secondary N) is 2. The van der Waals surface area contributed by atoms with Gasteiger partial charge in [0.2, 0.25) is 5.75 Å². The monoisotopic (exact) mass is 611 g/mol. The molecule has 13 nitrogen and oxygen atoms in total. The Morgan fingerprint density at radius 1 is 1.21 bits per heavy atom. The predicted molar refractivity (Wildman–Crippen MR) is 157 cm³/mol. The molecule has 0 amide bonds. The van der Waals surface area contributed by atoms with E-state index in [1.807, 2.05) is 19.9 Å². The first kappa shape index (κ1) is 29.3. The van der Waals surface area contributed by atoms with Crippen molar-refractivity contribution in [1.29, 1.82) is 0 Å². The minimum atomic E-state index is -3.74. The number of methoxy groups -OCH3 is 1. The van der Waals surface area contributed by atoms with Crippen molar-refractivity contribution in [3.63, 3.8) is 0 Å². The van der Waals surface area contributed by atoms with Crippen LogP contribution in [0.3, 0.4) is 0 Å². The number of hydrogen-bond acceptors (Lipinski definition) is 12. The highest BCUT2D eigenvalue weighted by Crippen LogP contribution is 2.38. The van der Waals surface area contributed by atoms with E-state index in [1.165, 1.54) is 42.1 Å². The average Bonchev–Trinajstić information content (AvgIpc) is 3.37. The van der Waals surface area contributed by atoms with Crippen LogP contribution in [-0.2, 0) is 20.3 Å². The lowest BCUT2D eigenvalue weighted by molar-refractivity contribution is -0.384. The molecule has 4 aromatic rings. The number of benzene rings is 2. The molecule has 0 saturated carbocycles. The molecule has 2 aromatic heterocycles. The van der Waals surface area contributed by atoms with Crippen molar-refractivity contribution in [2.45, 2.75) is 40.7 Å². The van der Waals surface area contributed by atoms with Gasteiger partial charge in [-0.05, 0) is 55.4 Å². The molecule has 0 unspecified atom stereocenters. The van der Waals surface area contributed by atoms with Crippen LogP contribution in [0.5, 0.6) is 5.75 Å². The summed E-state index contributed by atoms with van der Waals surface area (Å²) >= 11 is 1.27. The second-order valence-electron chi connectivity index (χ2n) is 9.66. The van der Waals surface area contributed by atoms with E-state index in [0.29, 0.717) is 53.6 Å². The number of aromatic nitrogens is 4. The summed E-state index contributed by atoms with van der Waals surface area (Å²) in [6.45, 7) is 5.68. The van der Waals surface area contributed by atoms with E-state index in [-0.39, 0.29) is 22.4 Å². The summed E-state index contributed by atoms with van der Waals surface area (Å²) in [5.41, 5.74) is 1.06. The van der Waals surface area contributed by atoms with Gasteiger partial charge in [0.1, 0.15) is 0 Å². The first-order valence-electron chi connectivity index (χ1n) is 13.0. The van der Waals surface area contributed by atoms with Gasteiger partial charge in [-0.25, -0.2) is 18.4 Å². The minimum Gasteiger partial charge on any atom is -0.490 e. The third-order valence-corrected chi connectivity index (χ3v) is 8.97. The number of morpholine rings is 1. The van der Waals surface area contributed by atoms with E-state index in [1.54, 1.807) is 25.3 Å². The molecule has 3 heterocycles. The van der Waals surface area contributed by atoms with E-state index >= 15 is 0 Å². The first-order chi connectivity index (χ1) is 20.1. The van der Waals surface area contributed by atoms with Crippen LogP contribution in [0.2, 0.25) is 0 Å². The third-order valence-electron chi connectivity index (χ3n) is 6.39. The van der Waals surface area contributed by atoms with Gasteiger partial charge in [-0.15, -0.1) is 0 Å². The number of nitrogens with zero attached hydrogens (tertiary/aromatic N) is 5. The molecule has 0 radical (unpaired) electrons. The standard InChI is InChI=1S/C27H29N7O6S2/c1-17-13-23(32-31-17)28-25-24(39-3)26(33-11-12-40-18(2)15-33)30-27(29-25)41-21-7-9-22(10-8-21)42(37,38)16-19-5-4-6-20(14-19)34(35)36/h4-10,13-14,18H,11-12,15-16H2,1-3H3,(H2,28,29,30,31,32)/t18-/m1/s1. The van der Waals surface area contributed by atoms with Crippen molar-refractivity contribution in [3.8, 4) is 5.75 Å². The summed E-state index contributed by atoms with van der Waals surface area (Å²) in [5, 5.41) is 21.9. The van der Waals surface area contributed by atoms with Crippen molar-refractivity contribution < 1.29 is 22.8 Å². The molecule has 220 valence electrons. The molecule has 1 aliphatic rings. The van der Waals surface area contributed by atoms with E-state index in [9.17, 15) is 18.5 Å². The summed E-state index contributed by atoms with van der Waals surface area (Å²) < 4.78 is 37.5. The van der Waals surface area contributed by atoms with Crippen molar-refractivity contribution >= 4 is 44.7 Å². The molecule has 0 bridgehead atoms. The Balaban J connectivity index is 1.41. The van der Waals surface area contributed by atoms with Gasteiger partial charge in [-0.1, -0.05) is 12.1 Å². The lowest BCUT2D eigenvalue weighted by atomic mass is 10.2. The fourth-order valence-electron chi connectivity index (χ4n) is 4.45. The van der Waals surface area contributed by atoms with Crippen molar-refractivity contribution in [1.82, 2.24) is 20.2 Å². The highest BCUT2D eigenvalue weighted by molar-refractivity contribution is 7.99. The molecule has 1 aliphatic heterocycles. The minimum absolute atomic E-state index is 0.0106. The number of aryl methyl sites for hydroxylation is 1. The Morgan fingerprint density at radius 3 is 2.67 bits per heavy atom.